The monoisotopic (exact) mass is 365 g/mol. The van der Waals surface area contributed by atoms with E-state index in [2.05, 4.69) is 9.97 Å². The number of rotatable bonds is 5. The summed E-state index contributed by atoms with van der Waals surface area (Å²) in [6.45, 7) is 3.68. The maximum Gasteiger partial charge on any atom is 0.284 e. The van der Waals surface area contributed by atoms with Gasteiger partial charge in [0.1, 0.15) is 0 Å². The maximum absolute atomic E-state index is 12.5. The summed E-state index contributed by atoms with van der Waals surface area (Å²) < 4.78 is 0. The molecule has 0 saturated carbocycles. The summed E-state index contributed by atoms with van der Waals surface area (Å²) in [7, 11) is 0. The quantitative estimate of drug-likeness (QED) is 0.289. The Hall–Kier alpha value is -3.06. The Bertz CT molecular complexity index is 970. The fourth-order valence-corrected chi connectivity index (χ4v) is 3.43. The molecule has 2 aromatic carbocycles. The molecule has 130 valence electrons. The summed E-state index contributed by atoms with van der Waals surface area (Å²) >= 11 is 1.11. The summed E-state index contributed by atoms with van der Waals surface area (Å²) in [5.41, 5.74) is 2.20. The van der Waals surface area contributed by atoms with Crippen LogP contribution < -0.4 is 0 Å². The van der Waals surface area contributed by atoms with E-state index in [-0.39, 0.29) is 17.0 Å². The van der Waals surface area contributed by atoms with Crippen LogP contribution in [0.3, 0.4) is 0 Å². The Balaban J connectivity index is 1.97. The molecule has 6 nitrogen and oxygen atoms in total. The molecule has 0 unspecified atom stereocenters. The van der Waals surface area contributed by atoms with E-state index in [0.717, 1.165) is 23.1 Å². The molecule has 0 N–H and O–H groups in total. The van der Waals surface area contributed by atoms with Crippen molar-refractivity contribution in [3.63, 3.8) is 0 Å². The van der Waals surface area contributed by atoms with Crippen LogP contribution in [0, 0.1) is 24.0 Å². The second-order valence-electron chi connectivity index (χ2n) is 5.67. The van der Waals surface area contributed by atoms with Gasteiger partial charge in [-0.25, -0.2) is 9.97 Å². The van der Waals surface area contributed by atoms with Crippen LogP contribution in [-0.4, -0.2) is 20.7 Å². The minimum absolute atomic E-state index is 0.139. The number of ketones is 1. The highest BCUT2D eigenvalue weighted by Crippen LogP contribution is 2.34. The number of nitro groups is 1. The van der Waals surface area contributed by atoms with Crippen LogP contribution in [0.4, 0.5) is 5.69 Å². The fraction of sp³-hybridized carbons (Fsp3) is 0.105. The Morgan fingerprint density at radius 1 is 0.962 bits per heavy atom. The Kier molecular flexibility index (Phi) is 5.09. The van der Waals surface area contributed by atoms with Crippen LogP contribution >= 0.6 is 11.8 Å². The second kappa shape index (κ2) is 7.45. The number of nitrogens with zero attached hydrogens (tertiary/aromatic N) is 3. The molecule has 3 aromatic rings. The molecule has 0 bridgehead atoms. The molecule has 1 heterocycles. The van der Waals surface area contributed by atoms with Gasteiger partial charge in [-0.2, -0.15) is 0 Å². The number of hydrogen-bond acceptors (Lipinski definition) is 6. The molecule has 7 heteroatoms. The van der Waals surface area contributed by atoms with Crippen molar-refractivity contribution < 1.29 is 9.72 Å². The zero-order valence-electron chi connectivity index (χ0n) is 14.2. The number of carbonyl (C=O) groups is 1. The van der Waals surface area contributed by atoms with Crippen molar-refractivity contribution in [3.8, 4) is 0 Å². The van der Waals surface area contributed by atoms with Crippen LogP contribution in [0.1, 0.15) is 27.3 Å². The zero-order chi connectivity index (χ0) is 18.7. The smallest absolute Gasteiger partial charge is 0.284 e. The van der Waals surface area contributed by atoms with Crippen LogP contribution in [-0.2, 0) is 0 Å². The molecule has 0 aliphatic rings. The molecule has 1 aromatic heterocycles. The van der Waals surface area contributed by atoms with Gasteiger partial charge in [-0.05, 0) is 43.8 Å². The van der Waals surface area contributed by atoms with Crippen LogP contribution in [0.5, 0.6) is 0 Å². The van der Waals surface area contributed by atoms with Gasteiger partial charge < -0.3 is 0 Å². The summed E-state index contributed by atoms with van der Waals surface area (Å²) in [6.07, 6.45) is 0. The van der Waals surface area contributed by atoms with Gasteiger partial charge >= 0.3 is 0 Å². The van der Waals surface area contributed by atoms with E-state index in [4.69, 9.17) is 0 Å². The van der Waals surface area contributed by atoms with Crippen molar-refractivity contribution in [1.82, 2.24) is 9.97 Å². The largest absolute Gasteiger partial charge is 0.289 e. The molecule has 0 atom stereocenters. The van der Waals surface area contributed by atoms with Crippen LogP contribution in [0.2, 0.25) is 0 Å². The normalized spacial score (nSPS) is 10.5. The molecule has 0 aliphatic heterocycles. The number of hydrogen-bond donors (Lipinski definition) is 0. The SMILES string of the molecule is Cc1cc(C)nc(Sc2ccc(C(=O)c3ccccc3)cc2[N+](=O)[O-])n1. The van der Waals surface area contributed by atoms with Gasteiger partial charge in [0.05, 0.1) is 9.82 Å². The highest BCUT2D eigenvalue weighted by molar-refractivity contribution is 7.99. The van der Waals surface area contributed by atoms with Crippen molar-refractivity contribution in [2.45, 2.75) is 23.9 Å². The zero-order valence-corrected chi connectivity index (χ0v) is 15.0. The van der Waals surface area contributed by atoms with Crippen LogP contribution in [0.25, 0.3) is 0 Å². The number of nitro benzene ring substituents is 1. The predicted molar refractivity (Wildman–Crippen MR) is 98.6 cm³/mol. The van der Waals surface area contributed by atoms with Crippen molar-refractivity contribution in [2.24, 2.45) is 0 Å². The number of aryl methyl sites for hydroxylation is 2. The second-order valence-corrected chi connectivity index (χ2v) is 6.68. The Morgan fingerprint density at radius 2 is 1.62 bits per heavy atom. The summed E-state index contributed by atoms with van der Waals surface area (Å²) in [5, 5.41) is 11.9. The van der Waals surface area contributed by atoms with E-state index in [1.165, 1.54) is 6.07 Å². The molecule has 0 amide bonds. The average molecular weight is 365 g/mol. The first kappa shape index (κ1) is 17.8. The predicted octanol–water partition coefficient (Wildman–Crippen LogP) is 4.38. The third-order valence-electron chi connectivity index (χ3n) is 3.62. The first-order valence-corrected chi connectivity index (χ1v) is 8.64. The first-order valence-electron chi connectivity index (χ1n) is 7.82. The Labute approximate surface area is 154 Å². The highest BCUT2D eigenvalue weighted by atomic mass is 32.2. The van der Waals surface area contributed by atoms with Crippen molar-refractivity contribution in [2.75, 3.05) is 0 Å². The minimum atomic E-state index is -0.493. The third kappa shape index (κ3) is 3.94. The summed E-state index contributed by atoms with van der Waals surface area (Å²) in [6, 6.07) is 15.0. The lowest BCUT2D eigenvalue weighted by molar-refractivity contribution is -0.387. The molecular weight excluding hydrogens is 350 g/mol. The Morgan fingerprint density at radius 3 is 2.23 bits per heavy atom. The lowest BCUT2D eigenvalue weighted by Gasteiger charge is -2.06. The van der Waals surface area contributed by atoms with Gasteiger partial charge in [0, 0.05) is 28.6 Å². The third-order valence-corrected chi connectivity index (χ3v) is 4.55. The van der Waals surface area contributed by atoms with Crippen molar-refractivity contribution >= 4 is 23.2 Å². The van der Waals surface area contributed by atoms with Crippen molar-refractivity contribution in [1.29, 1.82) is 0 Å². The van der Waals surface area contributed by atoms with Gasteiger partial charge in [0.15, 0.2) is 10.9 Å². The molecule has 26 heavy (non-hydrogen) atoms. The maximum atomic E-state index is 12.5. The first-order chi connectivity index (χ1) is 12.4. The van der Waals surface area contributed by atoms with Crippen LogP contribution in [0.15, 0.2) is 64.6 Å². The average Bonchev–Trinajstić information content (AvgIpc) is 2.61. The molecule has 0 saturated heterocycles. The molecule has 0 aliphatic carbocycles. The number of benzene rings is 2. The van der Waals surface area contributed by atoms with Gasteiger partial charge in [-0.3, -0.25) is 14.9 Å². The van der Waals surface area contributed by atoms with Gasteiger partial charge in [-0.1, -0.05) is 30.3 Å². The topological polar surface area (TPSA) is 86.0 Å². The van der Waals surface area contributed by atoms with Gasteiger partial charge in [0.2, 0.25) is 0 Å². The van der Waals surface area contributed by atoms with E-state index >= 15 is 0 Å². The number of carbonyl (C=O) groups excluding carboxylic acids is 1. The van der Waals surface area contributed by atoms with E-state index in [0.29, 0.717) is 15.6 Å². The highest BCUT2D eigenvalue weighted by Gasteiger charge is 2.20. The van der Waals surface area contributed by atoms with Crippen molar-refractivity contribution in [3.05, 3.63) is 87.2 Å². The molecule has 0 fully saturated rings. The number of aromatic nitrogens is 2. The van der Waals surface area contributed by atoms with E-state index < -0.39 is 4.92 Å². The van der Waals surface area contributed by atoms with Gasteiger partial charge in [0.25, 0.3) is 5.69 Å². The van der Waals surface area contributed by atoms with Gasteiger partial charge in [-0.15, -0.1) is 0 Å². The molecule has 3 rings (SSSR count). The summed E-state index contributed by atoms with van der Waals surface area (Å²) in [5.74, 6) is -0.257. The summed E-state index contributed by atoms with van der Waals surface area (Å²) in [4.78, 5) is 32.5. The van der Waals surface area contributed by atoms with E-state index in [1.807, 2.05) is 26.0 Å². The fourth-order valence-electron chi connectivity index (χ4n) is 2.48. The molecular formula is C19H15N3O3S. The van der Waals surface area contributed by atoms with E-state index in [1.54, 1.807) is 36.4 Å². The minimum Gasteiger partial charge on any atom is -0.289 e. The lowest BCUT2D eigenvalue weighted by atomic mass is 10.0. The molecule has 0 spiro atoms. The lowest BCUT2D eigenvalue weighted by Crippen LogP contribution is -2.03. The molecule has 0 radical (unpaired) electrons. The van der Waals surface area contributed by atoms with E-state index in [9.17, 15) is 14.9 Å². The standard InChI is InChI=1S/C19H15N3O3S/c1-12-10-13(2)21-19(20-12)26-17-9-8-15(11-16(17)22(24)25)18(23)14-6-4-3-5-7-14/h3-11H,1-2H3.